The van der Waals surface area contributed by atoms with Crippen molar-refractivity contribution >= 4 is 17.0 Å². The summed E-state index contributed by atoms with van der Waals surface area (Å²) in [6, 6.07) is 5.68. The maximum absolute atomic E-state index is 14.8. The third kappa shape index (κ3) is 4.61. The fourth-order valence-electron chi connectivity index (χ4n) is 3.71. The van der Waals surface area contributed by atoms with E-state index in [1.165, 1.54) is 49.5 Å². The van der Waals surface area contributed by atoms with Gasteiger partial charge in [0, 0.05) is 12.7 Å². The van der Waals surface area contributed by atoms with Crippen LogP contribution in [0.1, 0.15) is 62.2 Å². The molecule has 6 nitrogen and oxygen atoms in total. The zero-order valence-corrected chi connectivity index (χ0v) is 17.6. The van der Waals surface area contributed by atoms with Crippen molar-refractivity contribution in [1.29, 1.82) is 0 Å². The number of esters is 1. The molecule has 0 spiro atoms. The number of ether oxygens (including phenoxy) is 1. The summed E-state index contributed by atoms with van der Waals surface area (Å²) < 4.78 is 22.4. The zero-order valence-electron chi connectivity index (χ0n) is 17.6. The van der Waals surface area contributed by atoms with E-state index in [4.69, 9.17) is 0 Å². The number of rotatable bonds is 10. The summed E-state index contributed by atoms with van der Waals surface area (Å²) in [6.07, 6.45) is 11.2. The number of aromatic nitrogens is 3. The first-order valence-electron chi connectivity index (χ1n) is 10.5. The maximum atomic E-state index is 14.8. The fourth-order valence-corrected chi connectivity index (χ4v) is 3.71. The molecule has 0 saturated heterocycles. The van der Waals surface area contributed by atoms with Gasteiger partial charge in [-0.05, 0) is 30.7 Å². The SMILES string of the molecule is CCCCCCCCCn1c(=O)n(-c2ccc(C(=O)OC)cc2F)c2ccncc21. The van der Waals surface area contributed by atoms with Crippen LogP contribution in [-0.2, 0) is 11.3 Å². The molecule has 0 bridgehead atoms. The Labute approximate surface area is 175 Å². The summed E-state index contributed by atoms with van der Waals surface area (Å²) >= 11 is 0. The van der Waals surface area contributed by atoms with Gasteiger partial charge < -0.3 is 4.74 Å². The smallest absolute Gasteiger partial charge is 0.337 e. The van der Waals surface area contributed by atoms with Crippen LogP contribution in [-0.4, -0.2) is 27.2 Å². The minimum absolute atomic E-state index is 0.0975. The normalized spacial score (nSPS) is 11.2. The Morgan fingerprint density at radius 1 is 1.07 bits per heavy atom. The molecule has 0 aliphatic rings. The zero-order chi connectivity index (χ0) is 21.5. The van der Waals surface area contributed by atoms with Crippen molar-refractivity contribution in [3.63, 3.8) is 0 Å². The number of hydrogen-bond donors (Lipinski definition) is 0. The molecule has 160 valence electrons. The lowest BCUT2D eigenvalue weighted by Crippen LogP contribution is -2.24. The Kier molecular flexibility index (Phi) is 7.38. The van der Waals surface area contributed by atoms with Gasteiger partial charge in [0.1, 0.15) is 5.82 Å². The van der Waals surface area contributed by atoms with Crippen LogP contribution in [0.15, 0.2) is 41.5 Å². The van der Waals surface area contributed by atoms with Gasteiger partial charge in [0.2, 0.25) is 0 Å². The van der Waals surface area contributed by atoms with Gasteiger partial charge in [0.05, 0.1) is 35.6 Å². The van der Waals surface area contributed by atoms with Crippen LogP contribution in [0.4, 0.5) is 4.39 Å². The topological polar surface area (TPSA) is 66.1 Å². The monoisotopic (exact) mass is 413 g/mol. The van der Waals surface area contributed by atoms with Crippen molar-refractivity contribution in [2.45, 2.75) is 58.4 Å². The van der Waals surface area contributed by atoms with Crippen LogP contribution in [0.25, 0.3) is 16.7 Å². The first-order valence-corrected chi connectivity index (χ1v) is 10.5. The molecule has 2 aromatic heterocycles. The largest absolute Gasteiger partial charge is 0.465 e. The Bertz CT molecular complexity index is 1070. The molecule has 0 N–H and O–H groups in total. The lowest BCUT2D eigenvalue weighted by molar-refractivity contribution is 0.0600. The van der Waals surface area contributed by atoms with E-state index in [2.05, 4.69) is 16.6 Å². The van der Waals surface area contributed by atoms with Crippen molar-refractivity contribution in [3.05, 3.63) is 58.5 Å². The summed E-state index contributed by atoms with van der Waals surface area (Å²) in [6.45, 7) is 2.76. The second-order valence-electron chi connectivity index (χ2n) is 7.41. The molecule has 7 heteroatoms. The van der Waals surface area contributed by atoms with E-state index in [0.29, 0.717) is 17.6 Å². The molecular formula is C23H28FN3O3. The first-order chi connectivity index (χ1) is 14.6. The molecule has 3 aromatic rings. The van der Waals surface area contributed by atoms with Crippen molar-refractivity contribution in [1.82, 2.24) is 14.1 Å². The van der Waals surface area contributed by atoms with Crippen molar-refractivity contribution in [3.8, 4) is 5.69 Å². The van der Waals surface area contributed by atoms with E-state index < -0.39 is 11.8 Å². The Balaban J connectivity index is 1.87. The summed E-state index contributed by atoms with van der Waals surface area (Å²) in [7, 11) is 1.24. The van der Waals surface area contributed by atoms with E-state index in [0.717, 1.165) is 25.3 Å². The molecule has 0 amide bonds. The van der Waals surface area contributed by atoms with Gasteiger partial charge >= 0.3 is 11.7 Å². The number of unbranched alkanes of at least 4 members (excludes halogenated alkanes) is 6. The number of pyridine rings is 1. The number of carbonyl (C=O) groups is 1. The van der Waals surface area contributed by atoms with Gasteiger partial charge in [0.15, 0.2) is 0 Å². The molecule has 0 fully saturated rings. The second-order valence-corrected chi connectivity index (χ2v) is 7.41. The average molecular weight is 413 g/mol. The highest BCUT2D eigenvalue weighted by atomic mass is 19.1. The number of carbonyl (C=O) groups excluding carboxylic acids is 1. The fraction of sp³-hybridized carbons (Fsp3) is 0.435. The number of nitrogens with zero attached hydrogens (tertiary/aromatic N) is 3. The number of methoxy groups -OCH3 is 1. The van der Waals surface area contributed by atoms with E-state index in [1.54, 1.807) is 23.0 Å². The first kappa shape index (κ1) is 21.7. The Hall–Kier alpha value is -2.96. The highest BCUT2D eigenvalue weighted by Crippen LogP contribution is 2.21. The van der Waals surface area contributed by atoms with Crippen LogP contribution in [0.3, 0.4) is 0 Å². The molecule has 0 radical (unpaired) electrons. The average Bonchev–Trinajstić information content (AvgIpc) is 3.04. The van der Waals surface area contributed by atoms with Crippen molar-refractivity contribution < 1.29 is 13.9 Å². The van der Waals surface area contributed by atoms with Gasteiger partial charge in [-0.25, -0.2) is 14.0 Å². The van der Waals surface area contributed by atoms with Crippen molar-refractivity contribution in [2.75, 3.05) is 7.11 Å². The number of aryl methyl sites for hydroxylation is 1. The summed E-state index contributed by atoms with van der Waals surface area (Å²) in [5, 5.41) is 0. The molecular weight excluding hydrogens is 385 g/mol. The molecule has 0 atom stereocenters. The molecule has 2 heterocycles. The van der Waals surface area contributed by atoms with Gasteiger partial charge in [-0.15, -0.1) is 0 Å². The molecule has 0 aliphatic heterocycles. The quantitative estimate of drug-likeness (QED) is 0.352. The minimum Gasteiger partial charge on any atom is -0.465 e. The van der Waals surface area contributed by atoms with Gasteiger partial charge in [0.25, 0.3) is 0 Å². The van der Waals surface area contributed by atoms with Gasteiger partial charge in [-0.2, -0.15) is 0 Å². The lowest BCUT2D eigenvalue weighted by Gasteiger charge is -2.07. The van der Waals surface area contributed by atoms with Crippen LogP contribution >= 0.6 is 0 Å². The summed E-state index contributed by atoms with van der Waals surface area (Å²) in [5.41, 5.74) is 1.14. The van der Waals surface area contributed by atoms with Gasteiger partial charge in [-0.3, -0.25) is 14.1 Å². The Morgan fingerprint density at radius 2 is 1.80 bits per heavy atom. The number of benzene rings is 1. The van der Waals surface area contributed by atoms with E-state index >= 15 is 0 Å². The number of halogens is 1. The molecule has 0 aliphatic carbocycles. The third-order valence-electron chi connectivity index (χ3n) is 5.33. The predicted molar refractivity (Wildman–Crippen MR) is 115 cm³/mol. The van der Waals surface area contributed by atoms with E-state index in [-0.39, 0.29) is 16.9 Å². The second kappa shape index (κ2) is 10.2. The van der Waals surface area contributed by atoms with Crippen LogP contribution in [0, 0.1) is 5.82 Å². The number of fused-ring (bicyclic) bond motifs is 1. The molecule has 1 aromatic carbocycles. The maximum Gasteiger partial charge on any atom is 0.337 e. The van der Waals surface area contributed by atoms with Crippen LogP contribution in [0.5, 0.6) is 0 Å². The minimum atomic E-state index is -0.660. The molecule has 0 unspecified atom stereocenters. The standard InChI is InChI=1S/C23H28FN3O3/c1-3-4-5-6-7-8-9-14-26-21-16-25-13-12-20(21)27(23(26)29)19-11-10-17(15-18(19)24)22(28)30-2/h10-13,15-16H,3-9,14H2,1-2H3. The Morgan fingerprint density at radius 3 is 2.50 bits per heavy atom. The number of imidazole rings is 1. The van der Waals surface area contributed by atoms with Crippen LogP contribution in [0.2, 0.25) is 0 Å². The lowest BCUT2D eigenvalue weighted by atomic mass is 10.1. The highest BCUT2D eigenvalue weighted by Gasteiger charge is 2.18. The molecule has 30 heavy (non-hydrogen) atoms. The third-order valence-corrected chi connectivity index (χ3v) is 5.33. The summed E-state index contributed by atoms with van der Waals surface area (Å²) in [5.74, 6) is -1.29. The van der Waals surface area contributed by atoms with Crippen LogP contribution < -0.4 is 5.69 Å². The highest BCUT2D eigenvalue weighted by molar-refractivity contribution is 5.89. The van der Waals surface area contributed by atoms with Crippen molar-refractivity contribution in [2.24, 2.45) is 0 Å². The van der Waals surface area contributed by atoms with E-state index in [1.807, 2.05) is 0 Å². The molecule has 3 rings (SSSR count). The number of hydrogen-bond acceptors (Lipinski definition) is 4. The predicted octanol–water partition coefficient (Wildman–Crippen LogP) is 4.86. The van der Waals surface area contributed by atoms with E-state index in [9.17, 15) is 14.0 Å². The van der Waals surface area contributed by atoms with Gasteiger partial charge in [-0.1, -0.05) is 45.4 Å². The molecule has 0 saturated carbocycles. The summed E-state index contributed by atoms with van der Waals surface area (Å²) in [4.78, 5) is 29.0.